The zero-order valence-corrected chi connectivity index (χ0v) is 15.3. The molecule has 24 heavy (non-hydrogen) atoms. The summed E-state index contributed by atoms with van der Waals surface area (Å²) in [6.45, 7) is 5.99. The Labute approximate surface area is 146 Å². The maximum atomic E-state index is 6.12. The van der Waals surface area contributed by atoms with Gasteiger partial charge in [0.1, 0.15) is 0 Å². The van der Waals surface area contributed by atoms with Crippen molar-refractivity contribution in [3.63, 3.8) is 0 Å². The van der Waals surface area contributed by atoms with Crippen LogP contribution in [-0.2, 0) is 6.42 Å². The topological polar surface area (TPSA) is 24.9 Å². The number of hydrogen-bond acceptors (Lipinski definition) is 4. The standard InChI is InChI=1S/C20H32N2O2/c1-21-12-14-22(15-13-21)11-5-6-17-9-10-19(20(16-17)23-2)24-18-7-3-4-8-18/h9-10,16,18H,3-8,11-15H2,1-2H3. The van der Waals surface area contributed by atoms with Gasteiger partial charge in [-0.2, -0.15) is 0 Å². The van der Waals surface area contributed by atoms with Gasteiger partial charge in [-0.3, -0.25) is 0 Å². The van der Waals surface area contributed by atoms with E-state index in [1.807, 2.05) is 0 Å². The highest BCUT2D eigenvalue weighted by Gasteiger charge is 2.18. The number of methoxy groups -OCH3 is 1. The Hall–Kier alpha value is -1.26. The van der Waals surface area contributed by atoms with Crippen LogP contribution in [0.5, 0.6) is 11.5 Å². The predicted molar refractivity (Wildman–Crippen MR) is 98.1 cm³/mol. The maximum absolute atomic E-state index is 6.12. The second-order valence-electron chi connectivity index (χ2n) is 7.26. The Kier molecular flexibility index (Phi) is 6.38. The van der Waals surface area contributed by atoms with Gasteiger partial charge in [-0.1, -0.05) is 6.07 Å². The molecule has 1 aliphatic heterocycles. The van der Waals surface area contributed by atoms with E-state index >= 15 is 0 Å². The first-order valence-electron chi connectivity index (χ1n) is 9.49. The van der Waals surface area contributed by atoms with E-state index in [9.17, 15) is 0 Å². The Morgan fingerprint density at radius 2 is 1.79 bits per heavy atom. The number of rotatable bonds is 7. The number of aryl methyl sites for hydroxylation is 1. The molecule has 3 rings (SSSR count). The van der Waals surface area contributed by atoms with Crippen molar-refractivity contribution >= 4 is 0 Å². The second kappa shape index (κ2) is 8.72. The van der Waals surface area contributed by atoms with Crippen molar-refractivity contribution in [1.82, 2.24) is 9.80 Å². The van der Waals surface area contributed by atoms with Gasteiger partial charge in [0.25, 0.3) is 0 Å². The summed E-state index contributed by atoms with van der Waals surface area (Å²) in [7, 11) is 3.95. The molecule has 1 aromatic carbocycles. The third-order valence-electron chi connectivity index (χ3n) is 5.36. The fraction of sp³-hybridized carbons (Fsp3) is 0.700. The SMILES string of the molecule is COc1cc(CCCN2CCN(C)CC2)ccc1OC1CCCC1. The van der Waals surface area contributed by atoms with Crippen LogP contribution in [0.3, 0.4) is 0 Å². The minimum Gasteiger partial charge on any atom is -0.493 e. The lowest BCUT2D eigenvalue weighted by Gasteiger charge is -2.32. The van der Waals surface area contributed by atoms with Crippen molar-refractivity contribution in [3.05, 3.63) is 23.8 Å². The molecule has 4 nitrogen and oxygen atoms in total. The first kappa shape index (κ1) is 17.6. The number of likely N-dealkylation sites (N-methyl/N-ethyl adjacent to an activating group) is 1. The quantitative estimate of drug-likeness (QED) is 0.765. The smallest absolute Gasteiger partial charge is 0.161 e. The molecular weight excluding hydrogens is 300 g/mol. The van der Waals surface area contributed by atoms with Gasteiger partial charge in [0, 0.05) is 26.2 Å². The highest BCUT2D eigenvalue weighted by atomic mass is 16.5. The molecule has 0 bridgehead atoms. The van der Waals surface area contributed by atoms with Crippen LogP contribution in [0.1, 0.15) is 37.7 Å². The Balaban J connectivity index is 1.48. The molecule has 1 heterocycles. The number of piperazine rings is 1. The van der Waals surface area contributed by atoms with Crippen LogP contribution in [0.2, 0.25) is 0 Å². The number of nitrogens with zero attached hydrogens (tertiary/aromatic N) is 2. The molecule has 0 unspecified atom stereocenters. The maximum Gasteiger partial charge on any atom is 0.161 e. The van der Waals surface area contributed by atoms with Crippen LogP contribution < -0.4 is 9.47 Å². The summed E-state index contributed by atoms with van der Waals surface area (Å²) in [4.78, 5) is 4.99. The summed E-state index contributed by atoms with van der Waals surface area (Å²) in [5, 5.41) is 0. The molecule has 1 aliphatic carbocycles. The van der Waals surface area contributed by atoms with E-state index in [1.54, 1.807) is 7.11 Å². The summed E-state index contributed by atoms with van der Waals surface area (Å²) in [6.07, 6.45) is 7.62. The van der Waals surface area contributed by atoms with E-state index < -0.39 is 0 Å². The number of ether oxygens (including phenoxy) is 2. The fourth-order valence-electron chi connectivity index (χ4n) is 3.73. The van der Waals surface area contributed by atoms with Gasteiger partial charge in [0.15, 0.2) is 11.5 Å². The highest BCUT2D eigenvalue weighted by molar-refractivity contribution is 5.43. The first-order chi connectivity index (χ1) is 11.7. The van der Waals surface area contributed by atoms with Gasteiger partial charge in [-0.25, -0.2) is 0 Å². The monoisotopic (exact) mass is 332 g/mol. The van der Waals surface area contributed by atoms with Crippen LogP contribution in [0.4, 0.5) is 0 Å². The van der Waals surface area contributed by atoms with Gasteiger partial charge in [0.2, 0.25) is 0 Å². The molecule has 2 fully saturated rings. The van der Waals surface area contributed by atoms with E-state index in [0.29, 0.717) is 6.10 Å². The second-order valence-corrected chi connectivity index (χ2v) is 7.26. The molecule has 4 heteroatoms. The van der Waals surface area contributed by atoms with E-state index in [-0.39, 0.29) is 0 Å². The predicted octanol–water partition coefficient (Wildman–Crippen LogP) is 3.20. The lowest BCUT2D eigenvalue weighted by atomic mass is 10.1. The third kappa shape index (κ3) is 4.87. The van der Waals surface area contributed by atoms with Crippen LogP contribution >= 0.6 is 0 Å². The third-order valence-corrected chi connectivity index (χ3v) is 5.36. The summed E-state index contributed by atoms with van der Waals surface area (Å²) < 4.78 is 11.7. The summed E-state index contributed by atoms with van der Waals surface area (Å²) in [6, 6.07) is 6.47. The molecule has 134 valence electrons. The normalized spacial score (nSPS) is 20.4. The number of hydrogen-bond donors (Lipinski definition) is 0. The van der Waals surface area contributed by atoms with E-state index in [4.69, 9.17) is 9.47 Å². The zero-order chi connectivity index (χ0) is 16.8. The van der Waals surface area contributed by atoms with Crippen molar-refractivity contribution < 1.29 is 9.47 Å². The first-order valence-corrected chi connectivity index (χ1v) is 9.49. The van der Waals surface area contributed by atoms with Crippen molar-refractivity contribution in [2.45, 2.75) is 44.6 Å². The molecule has 2 aliphatic rings. The average Bonchev–Trinajstić information content (AvgIpc) is 3.11. The fourth-order valence-corrected chi connectivity index (χ4v) is 3.73. The van der Waals surface area contributed by atoms with Gasteiger partial charge in [-0.15, -0.1) is 0 Å². The molecule has 0 spiro atoms. The molecule has 0 N–H and O–H groups in total. The van der Waals surface area contributed by atoms with E-state index in [1.165, 1.54) is 70.4 Å². The molecular formula is C20H32N2O2. The van der Waals surface area contributed by atoms with Gasteiger partial charge in [0.05, 0.1) is 13.2 Å². The lowest BCUT2D eigenvalue weighted by molar-refractivity contribution is 0.153. The Morgan fingerprint density at radius 1 is 1.04 bits per heavy atom. The van der Waals surface area contributed by atoms with E-state index in [0.717, 1.165) is 17.9 Å². The minimum atomic E-state index is 0.377. The molecule has 0 amide bonds. The molecule has 0 atom stereocenters. The molecule has 1 aromatic rings. The van der Waals surface area contributed by atoms with Crippen LogP contribution in [0, 0.1) is 0 Å². The number of benzene rings is 1. The largest absolute Gasteiger partial charge is 0.493 e. The minimum absolute atomic E-state index is 0.377. The summed E-state index contributed by atoms with van der Waals surface area (Å²) >= 11 is 0. The lowest BCUT2D eigenvalue weighted by Crippen LogP contribution is -2.44. The van der Waals surface area contributed by atoms with Gasteiger partial charge in [-0.05, 0) is 69.8 Å². The van der Waals surface area contributed by atoms with Gasteiger partial charge >= 0.3 is 0 Å². The Morgan fingerprint density at radius 3 is 2.50 bits per heavy atom. The average molecular weight is 332 g/mol. The van der Waals surface area contributed by atoms with Crippen LogP contribution in [0.15, 0.2) is 18.2 Å². The van der Waals surface area contributed by atoms with Crippen LogP contribution in [0.25, 0.3) is 0 Å². The molecule has 1 saturated heterocycles. The highest BCUT2D eigenvalue weighted by Crippen LogP contribution is 2.32. The van der Waals surface area contributed by atoms with Crippen molar-refractivity contribution in [1.29, 1.82) is 0 Å². The Bertz CT molecular complexity index is 506. The van der Waals surface area contributed by atoms with Crippen molar-refractivity contribution in [3.8, 4) is 11.5 Å². The molecule has 0 radical (unpaired) electrons. The van der Waals surface area contributed by atoms with Gasteiger partial charge < -0.3 is 19.3 Å². The van der Waals surface area contributed by atoms with Crippen molar-refractivity contribution in [2.75, 3.05) is 46.9 Å². The van der Waals surface area contributed by atoms with Crippen molar-refractivity contribution in [2.24, 2.45) is 0 Å². The summed E-state index contributed by atoms with van der Waals surface area (Å²) in [5.41, 5.74) is 1.35. The summed E-state index contributed by atoms with van der Waals surface area (Å²) in [5.74, 6) is 1.80. The van der Waals surface area contributed by atoms with Crippen LogP contribution in [-0.4, -0.2) is 62.8 Å². The zero-order valence-electron chi connectivity index (χ0n) is 15.3. The van der Waals surface area contributed by atoms with E-state index in [2.05, 4.69) is 35.0 Å². The molecule has 1 saturated carbocycles. The molecule has 0 aromatic heterocycles.